The van der Waals surface area contributed by atoms with Gasteiger partial charge in [-0.05, 0) is 48.7 Å². The van der Waals surface area contributed by atoms with Crippen molar-refractivity contribution in [3.8, 4) is 22.8 Å². The molecule has 0 radical (unpaired) electrons. The van der Waals surface area contributed by atoms with Crippen molar-refractivity contribution in [3.63, 3.8) is 0 Å². The number of amides is 1. The number of rotatable bonds is 8. The number of aromatic amines is 1. The summed E-state index contributed by atoms with van der Waals surface area (Å²) in [7, 11) is 3.19. The average Bonchev–Trinajstić information content (AvgIpc) is 3.23. The Hall–Kier alpha value is -3.28. The molecule has 2 aromatic carbocycles. The SMILES string of the molecule is CCCCc1ccc(NC(=O)c2cc(-c3ccc(OC)cc3OC)n[nH]2)cc1. The number of anilines is 1. The lowest BCUT2D eigenvalue weighted by molar-refractivity contribution is 0.102. The second kappa shape index (κ2) is 9.08. The molecule has 0 spiro atoms. The summed E-state index contributed by atoms with van der Waals surface area (Å²) in [4.78, 5) is 12.5. The Morgan fingerprint density at radius 1 is 1.07 bits per heavy atom. The van der Waals surface area contributed by atoms with Gasteiger partial charge in [-0.1, -0.05) is 25.5 Å². The van der Waals surface area contributed by atoms with Gasteiger partial charge in [-0.15, -0.1) is 0 Å². The highest BCUT2D eigenvalue weighted by atomic mass is 16.5. The Kier molecular flexibility index (Phi) is 6.32. The van der Waals surface area contributed by atoms with Gasteiger partial charge >= 0.3 is 0 Å². The number of nitrogens with one attached hydrogen (secondary N) is 2. The third-order valence-corrected chi connectivity index (χ3v) is 4.54. The number of hydrogen-bond donors (Lipinski definition) is 2. The van der Waals surface area contributed by atoms with E-state index in [1.54, 1.807) is 26.4 Å². The van der Waals surface area contributed by atoms with Crippen LogP contribution < -0.4 is 14.8 Å². The van der Waals surface area contributed by atoms with Crippen LogP contribution in [0.1, 0.15) is 35.8 Å². The van der Waals surface area contributed by atoms with Gasteiger partial charge in [0.25, 0.3) is 5.91 Å². The second-order valence-electron chi connectivity index (χ2n) is 6.49. The summed E-state index contributed by atoms with van der Waals surface area (Å²) in [6.07, 6.45) is 3.38. The third kappa shape index (κ3) is 4.52. The summed E-state index contributed by atoms with van der Waals surface area (Å²) < 4.78 is 10.6. The molecular weight excluding hydrogens is 354 g/mol. The predicted molar refractivity (Wildman–Crippen MR) is 110 cm³/mol. The number of aromatic nitrogens is 2. The van der Waals surface area contributed by atoms with E-state index >= 15 is 0 Å². The first-order valence-electron chi connectivity index (χ1n) is 9.32. The van der Waals surface area contributed by atoms with Crippen LogP contribution in [0.5, 0.6) is 11.5 Å². The Balaban J connectivity index is 1.72. The van der Waals surface area contributed by atoms with E-state index in [9.17, 15) is 4.79 Å². The smallest absolute Gasteiger partial charge is 0.273 e. The zero-order chi connectivity index (χ0) is 19.9. The molecule has 0 bridgehead atoms. The van der Waals surface area contributed by atoms with Crippen molar-refractivity contribution in [3.05, 3.63) is 59.8 Å². The number of nitrogens with zero attached hydrogens (tertiary/aromatic N) is 1. The van der Waals surface area contributed by atoms with Gasteiger partial charge in [0.15, 0.2) is 0 Å². The topological polar surface area (TPSA) is 76.2 Å². The molecule has 0 aliphatic carbocycles. The maximum atomic E-state index is 12.5. The minimum atomic E-state index is -0.243. The Bertz CT molecular complexity index is 932. The summed E-state index contributed by atoms with van der Waals surface area (Å²) in [6, 6.07) is 15.1. The summed E-state index contributed by atoms with van der Waals surface area (Å²) in [6.45, 7) is 2.18. The van der Waals surface area contributed by atoms with E-state index in [1.807, 2.05) is 36.4 Å². The molecule has 3 aromatic rings. The predicted octanol–water partition coefficient (Wildman–Crippen LogP) is 4.69. The fourth-order valence-corrected chi connectivity index (χ4v) is 2.92. The van der Waals surface area contributed by atoms with E-state index in [0.717, 1.165) is 24.1 Å². The van der Waals surface area contributed by atoms with E-state index in [-0.39, 0.29) is 5.91 Å². The fraction of sp³-hybridized carbons (Fsp3) is 0.273. The van der Waals surface area contributed by atoms with Crippen molar-refractivity contribution in [1.29, 1.82) is 0 Å². The standard InChI is InChI=1S/C22H25N3O3/c1-4-5-6-15-7-9-16(10-8-15)23-22(26)20-14-19(24-25-20)18-12-11-17(27-2)13-21(18)28-3/h7-14H,4-6H2,1-3H3,(H,23,26)(H,24,25). The zero-order valence-electron chi connectivity index (χ0n) is 16.4. The molecule has 1 aromatic heterocycles. The van der Waals surface area contributed by atoms with Crippen molar-refractivity contribution in [1.82, 2.24) is 10.2 Å². The normalized spacial score (nSPS) is 10.5. The van der Waals surface area contributed by atoms with Crippen molar-refractivity contribution in [2.24, 2.45) is 0 Å². The Morgan fingerprint density at radius 2 is 1.86 bits per heavy atom. The van der Waals surface area contributed by atoms with Crippen molar-refractivity contribution >= 4 is 11.6 Å². The van der Waals surface area contributed by atoms with Gasteiger partial charge in [0.05, 0.1) is 19.9 Å². The molecule has 1 amide bonds. The van der Waals surface area contributed by atoms with Crippen LogP contribution in [0.15, 0.2) is 48.5 Å². The van der Waals surface area contributed by atoms with Gasteiger partial charge in [-0.2, -0.15) is 5.10 Å². The van der Waals surface area contributed by atoms with Gasteiger partial charge in [0, 0.05) is 17.3 Å². The van der Waals surface area contributed by atoms with E-state index in [2.05, 4.69) is 22.4 Å². The highest BCUT2D eigenvalue weighted by Gasteiger charge is 2.15. The first kappa shape index (κ1) is 19.5. The highest BCUT2D eigenvalue weighted by Crippen LogP contribution is 2.32. The molecule has 3 rings (SSSR count). The van der Waals surface area contributed by atoms with Crippen LogP contribution >= 0.6 is 0 Å². The number of carbonyl (C=O) groups excluding carboxylic acids is 1. The van der Waals surface area contributed by atoms with E-state index < -0.39 is 0 Å². The first-order chi connectivity index (χ1) is 13.6. The molecule has 0 aliphatic heterocycles. The number of benzene rings is 2. The molecule has 0 saturated carbocycles. The molecule has 2 N–H and O–H groups in total. The average molecular weight is 379 g/mol. The lowest BCUT2D eigenvalue weighted by atomic mass is 10.1. The van der Waals surface area contributed by atoms with Crippen LogP contribution in [-0.2, 0) is 6.42 Å². The van der Waals surface area contributed by atoms with Gasteiger partial charge in [-0.3, -0.25) is 9.89 Å². The molecule has 146 valence electrons. The lowest BCUT2D eigenvalue weighted by Gasteiger charge is -2.08. The molecule has 0 atom stereocenters. The van der Waals surface area contributed by atoms with Gasteiger partial charge in [0.1, 0.15) is 17.2 Å². The lowest BCUT2D eigenvalue weighted by Crippen LogP contribution is -2.12. The molecule has 1 heterocycles. The summed E-state index contributed by atoms with van der Waals surface area (Å²) in [5.41, 5.74) is 3.81. The Labute approximate surface area is 164 Å². The van der Waals surface area contributed by atoms with Crippen LogP contribution in [0.2, 0.25) is 0 Å². The summed E-state index contributed by atoms with van der Waals surface area (Å²) >= 11 is 0. The molecule has 0 unspecified atom stereocenters. The highest BCUT2D eigenvalue weighted by molar-refractivity contribution is 6.03. The number of H-pyrrole nitrogens is 1. The fourth-order valence-electron chi connectivity index (χ4n) is 2.92. The monoisotopic (exact) mass is 379 g/mol. The summed E-state index contributed by atoms with van der Waals surface area (Å²) in [5, 5.41) is 9.94. The van der Waals surface area contributed by atoms with Gasteiger partial charge in [-0.25, -0.2) is 0 Å². The van der Waals surface area contributed by atoms with Crippen LogP contribution in [0, 0.1) is 0 Å². The van der Waals surface area contributed by atoms with Crippen LogP contribution in [0.25, 0.3) is 11.3 Å². The zero-order valence-corrected chi connectivity index (χ0v) is 16.4. The maximum Gasteiger partial charge on any atom is 0.273 e. The minimum absolute atomic E-state index is 0.243. The molecule has 0 aliphatic rings. The minimum Gasteiger partial charge on any atom is -0.497 e. The van der Waals surface area contributed by atoms with E-state index in [4.69, 9.17) is 9.47 Å². The molecule has 0 saturated heterocycles. The number of carbonyl (C=O) groups is 1. The molecular formula is C22H25N3O3. The van der Waals surface area contributed by atoms with E-state index in [1.165, 1.54) is 12.0 Å². The number of unbranched alkanes of at least 4 members (excludes halogenated alkanes) is 1. The molecule has 6 heteroatoms. The number of aryl methyl sites for hydroxylation is 1. The van der Waals surface area contributed by atoms with Gasteiger partial charge < -0.3 is 14.8 Å². The van der Waals surface area contributed by atoms with Crippen molar-refractivity contribution in [2.45, 2.75) is 26.2 Å². The number of ether oxygens (including phenoxy) is 2. The van der Waals surface area contributed by atoms with Crippen LogP contribution in [0.3, 0.4) is 0 Å². The van der Waals surface area contributed by atoms with Crippen LogP contribution in [0.4, 0.5) is 5.69 Å². The summed E-state index contributed by atoms with van der Waals surface area (Å²) in [5.74, 6) is 1.07. The number of methoxy groups -OCH3 is 2. The maximum absolute atomic E-state index is 12.5. The first-order valence-corrected chi connectivity index (χ1v) is 9.32. The second-order valence-corrected chi connectivity index (χ2v) is 6.49. The number of hydrogen-bond acceptors (Lipinski definition) is 4. The van der Waals surface area contributed by atoms with E-state index in [0.29, 0.717) is 22.9 Å². The molecule has 0 fully saturated rings. The van der Waals surface area contributed by atoms with Crippen molar-refractivity contribution < 1.29 is 14.3 Å². The van der Waals surface area contributed by atoms with Crippen molar-refractivity contribution in [2.75, 3.05) is 19.5 Å². The molecule has 28 heavy (non-hydrogen) atoms. The third-order valence-electron chi connectivity index (χ3n) is 4.54. The van der Waals surface area contributed by atoms with Crippen LogP contribution in [-0.4, -0.2) is 30.3 Å². The van der Waals surface area contributed by atoms with Gasteiger partial charge in [0.2, 0.25) is 0 Å². The Morgan fingerprint density at radius 3 is 2.54 bits per heavy atom. The largest absolute Gasteiger partial charge is 0.497 e. The molecule has 6 nitrogen and oxygen atoms in total. The quantitative estimate of drug-likeness (QED) is 0.595.